The highest BCUT2D eigenvalue weighted by Crippen LogP contribution is 2.17. The smallest absolute Gasteiger partial charge is 0.407 e. The largest absolute Gasteiger partial charge is 0.426 e. The number of ketones is 1. The van der Waals surface area contributed by atoms with Crippen LogP contribution in [-0.4, -0.2) is 16.3 Å². The Morgan fingerprint density at radius 3 is 2.58 bits per heavy atom. The molecule has 0 fully saturated rings. The van der Waals surface area contributed by atoms with Crippen LogP contribution in [0.15, 0.2) is 27.4 Å². The van der Waals surface area contributed by atoms with E-state index in [4.69, 9.17) is 4.42 Å². The summed E-state index contributed by atoms with van der Waals surface area (Å²) in [4.78, 5) is 35.3. The van der Waals surface area contributed by atoms with Gasteiger partial charge in [0.25, 0.3) is 0 Å². The van der Waals surface area contributed by atoms with Gasteiger partial charge in [0, 0.05) is 17.9 Å². The maximum atomic E-state index is 12.0. The number of oxazole rings is 1. The zero-order valence-electron chi connectivity index (χ0n) is 11.1. The van der Waals surface area contributed by atoms with Crippen LogP contribution < -0.4 is 5.76 Å². The van der Waals surface area contributed by atoms with Crippen LogP contribution in [0.1, 0.15) is 42.3 Å². The molecule has 5 heteroatoms. The van der Waals surface area contributed by atoms with Crippen molar-refractivity contribution in [2.24, 2.45) is 5.92 Å². The van der Waals surface area contributed by atoms with Crippen molar-refractivity contribution in [3.63, 3.8) is 0 Å². The maximum absolute atomic E-state index is 12.0. The molecule has 0 amide bonds. The molecule has 1 heterocycles. The number of carbonyl (C=O) groups excluding carboxylic acids is 2. The van der Waals surface area contributed by atoms with Crippen molar-refractivity contribution in [3.05, 3.63) is 34.3 Å². The number of aromatic nitrogens is 1. The van der Waals surface area contributed by atoms with E-state index in [0.29, 0.717) is 17.5 Å². The van der Waals surface area contributed by atoms with Gasteiger partial charge in [0.15, 0.2) is 11.4 Å². The number of benzene rings is 1. The number of Topliss-reactive ketones (excluding diaryl/α,β-unsaturated/α-hetero) is 1. The summed E-state index contributed by atoms with van der Waals surface area (Å²) < 4.78 is 6.05. The van der Waals surface area contributed by atoms with Crippen LogP contribution in [0.2, 0.25) is 0 Å². The molecule has 19 heavy (non-hydrogen) atoms. The molecule has 0 spiro atoms. The molecule has 100 valence electrons. The first-order valence-electron chi connectivity index (χ1n) is 6.18. The normalized spacial score (nSPS) is 11.2. The van der Waals surface area contributed by atoms with Gasteiger partial charge in [-0.15, -0.1) is 0 Å². The number of carbonyl (C=O) groups is 2. The Bertz CT molecular complexity index is 706. The number of hydrogen-bond donors (Lipinski definition) is 0. The highest BCUT2D eigenvalue weighted by molar-refractivity contribution is 5.99. The van der Waals surface area contributed by atoms with E-state index >= 15 is 0 Å². The minimum atomic E-state index is -0.713. The summed E-state index contributed by atoms with van der Waals surface area (Å²) in [6.45, 7) is 5.18. The van der Waals surface area contributed by atoms with Gasteiger partial charge in [-0.25, -0.2) is 9.36 Å². The average Bonchev–Trinajstić information content (AvgIpc) is 2.71. The Balaban J connectivity index is 2.64. The summed E-state index contributed by atoms with van der Waals surface area (Å²) in [7, 11) is 0. The molecule has 5 nitrogen and oxygen atoms in total. The van der Waals surface area contributed by atoms with E-state index in [-0.39, 0.29) is 23.2 Å². The summed E-state index contributed by atoms with van der Waals surface area (Å²) in [5, 5.41) is 0. The number of hydrogen-bond acceptors (Lipinski definition) is 4. The molecule has 0 aliphatic carbocycles. The van der Waals surface area contributed by atoms with E-state index < -0.39 is 5.76 Å². The zero-order valence-corrected chi connectivity index (χ0v) is 11.1. The van der Waals surface area contributed by atoms with E-state index in [0.717, 1.165) is 4.57 Å². The van der Waals surface area contributed by atoms with Gasteiger partial charge >= 0.3 is 5.76 Å². The summed E-state index contributed by atoms with van der Waals surface area (Å²) in [5.74, 6) is -1.38. The molecule has 1 aromatic heterocycles. The first-order valence-corrected chi connectivity index (χ1v) is 6.18. The standard InChI is InChI=1S/C14H15NO4/c1-4-11(16)9-5-6-10-12(7-9)19-14(18)15(10)13(17)8(2)3/h5-8H,4H2,1-3H3. The maximum Gasteiger partial charge on any atom is 0.426 e. The van der Waals surface area contributed by atoms with Gasteiger partial charge in [-0.3, -0.25) is 9.59 Å². The van der Waals surface area contributed by atoms with Crippen LogP contribution in [0.25, 0.3) is 11.1 Å². The lowest BCUT2D eigenvalue weighted by molar-refractivity contribution is 0.0851. The Morgan fingerprint density at radius 2 is 2.00 bits per heavy atom. The molecule has 1 aromatic carbocycles. The highest BCUT2D eigenvalue weighted by Gasteiger charge is 2.19. The molecule has 0 radical (unpaired) electrons. The third-order valence-corrected chi connectivity index (χ3v) is 2.94. The molecule has 0 aliphatic rings. The molecule has 2 aromatic rings. The lowest BCUT2D eigenvalue weighted by atomic mass is 10.1. The fourth-order valence-corrected chi connectivity index (χ4v) is 1.86. The lowest BCUT2D eigenvalue weighted by Crippen LogP contribution is -2.26. The Labute approximate surface area is 109 Å². The quantitative estimate of drug-likeness (QED) is 0.796. The van der Waals surface area contributed by atoms with Gasteiger partial charge in [-0.05, 0) is 18.2 Å². The molecule has 0 aliphatic heterocycles. The molecular weight excluding hydrogens is 246 g/mol. The molecule has 0 N–H and O–H groups in total. The predicted octanol–water partition coefficient (Wildman–Crippen LogP) is 2.48. The van der Waals surface area contributed by atoms with Gasteiger partial charge in [0.1, 0.15) is 0 Å². The second kappa shape index (κ2) is 4.84. The molecule has 0 atom stereocenters. The van der Waals surface area contributed by atoms with E-state index in [1.165, 1.54) is 6.07 Å². The third-order valence-electron chi connectivity index (χ3n) is 2.94. The fraction of sp³-hybridized carbons (Fsp3) is 0.357. The second-order valence-electron chi connectivity index (χ2n) is 4.66. The summed E-state index contributed by atoms with van der Waals surface area (Å²) >= 11 is 0. The van der Waals surface area contributed by atoms with Gasteiger partial charge in [0.05, 0.1) is 5.52 Å². The number of rotatable bonds is 3. The molecule has 2 rings (SSSR count). The Kier molecular flexibility index (Phi) is 3.38. The van der Waals surface area contributed by atoms with E-state index in [2.05, 4.69) is 0 Å². The van der Waals surface area contributed by atoms with Gasteiger partial charge in [-0.1, -0.05) is 20.8 Å². The predicted molar refractivity (Wildman–Crippen MR) is 70.6 cm³/mol. The molecule has 0 saturated carbocycles. The van der Waals surface area contributed by atoms with Gasteiger partial charge in [-0.2, -0.15) is 0 Å². The van der Waals surface area contributed by atoms with Gasteiger partial charge in [0.2, 0.25) is 5.91 Å². The van der Waals surface area contributed by atoms with Crippen molar-refractivity contribution in [3.8, 4) is 0 Å². The van der Waals surface area contributed by atoms with E-state index in [9.17, 15) is 14.4 Å². The van der Waals surface area contributed by atoms with Crippen LogP contribution in [0.4, 0.5) is 0 Å². The first kappa shape index (κ1) is 13.3. The van der Waals surface area contributed by atoms with Crippen LogP contribution in [-0.2, 0) is 0 Å². The molecule has 0 saturated heterocycles. The third kappa shape index (κ3) is 2.23. The summed E-state index contributed by atoms with van der Waals surface area (Å²) in [6.07, 6.45) is 0.376. The minimum absolute atomic E-state index is 0.0347. The fourth-order valence-electron chi connectivity index (χ4n) is 1.86. The monoisotopic (exact) mass is 261 g/mol. The molecular formula is C14H15NO4. The summed E-state index contributed by atoms with van der Waals surface area (Å²) in [5.41, 5.74) is 1.14. The van der Waals surface area contributed by atoms with Crippen molar-refractivity contribution in [2.45, 2.75) is 27.2 Å². The van der Waals surface area contributed by atoms with Crippen molar-refractivity contribution in [2.75, 3.05) is 0 Å². The van der Waals surface area contributed by atoms with Crippen LogP contribution in [0, 0.1) is 5.92 Å². The number of fused-ring (bicyclic) bond motifs is 1. The second-order valence-corrected chi connectivity index (χ2v) is 4.66. The Morgan fingerprint density at radius 1 is 1.32 bits per heavy atom. The van der Waals surface area contributed by atoms with Crippen LogP contribution in [0.5, 0.6) is 0 Å². The SMILES string of the molecule is CCC(=O)c1ccc2c(c1)oc(=O)n2C(=O)C(C)C. The van der Waals surface area contributed by atoms with Gasteiger partial charge < -0.3 is 4.42 Å². The first-order chi connectivity index (χ1) is 8.95. The average molecular weight is 261 g/mol. The van der Waals surface area contributed by atoms with E-state index in [1.54, 1.807) is 32.9 Å². The van der Waals surface area contributed by atoms with Crippen LogP contribution in [0.3, 0.4) is 0 Å². The molecule has 0 unspecified atom stereocenters. The van der Waals surface area contributed by atoms with Crippen molar-refractivity contribution in [1.82, 2.24) is 4.57 Å². The Hall–Kier alpha value is -2.17. The molecule has 0 bridgehead atoms. The highest BCUT2D eigenvalue weighted by atomic mass is 16.4. The number of nitrogens with zero attached hydrogens (tertiary/aromatic N) is 1. The topological polar surface area (TPSA) is 69.3 Å². The van der Waals surface area contributed by atoms with Crippen molar-refractivity contribution >= 4 is 22.8 Å². The summed E-state index contributed by atoms with van der Waals surface area (Å²) in [6, 6.07) is 4.68. The lowest BCUT2D eigenvalue weighted by Gasteiger charge is -2.03. The van der Waals surface area contributed by atoms with Crippen LogP contribution >= 0.6 is 0 Å². The van der Waals surface area contributed by atoms with Crippen molar-refractivity contribution in [1.29, 1.82) is 0 Å². The van der Waals surface area contributed by atoms with E-state index in [1.807, 2.05) is 0 Å². The zero-order chi connectivity index (χ0) is 14.2. The minimum Gasteiger partial charge on any atom is -0.407 e. The van der Waals surface area contributed by atoms with Crippen molar-refractivity contribution < 1.29 is 14.0 Å².